The number of hydrogen-bond donors (Lipinski definition) is 2. The summed E-state index contributed by atoms with van der Waals surface area (Å²) in [5.74, 6) is -0.0515. The van der Waals surface area contributed by atoms with Gasteiger partial charge in [-0.25, -0.2) is 5.48 Å². The predicted molar refractivity (Wildman–Crippen MR) is 50.0 cm³/mol. The maximum Gasteiger partial charge on any atom is 0.260 e. The molecule has 2 N–H and O–H groups in total. The van der Waals surface area contributed by atoms with Gasteiger partial charge in [0.15, 0.2) is 0 Å². The van der Waals surface area contributed by atoms with Crippen molar-refractivity contribution in [1.29, 1.82) is 0 Å². The Kier molecular flexibility index (Phi) is 4.78. The molecule has 1 heterocycles. The Morgan fingerprint density at radius 1 is 1.38 bits per heavy atom. The Labute approximate surface area is 79.0 Å². The number of carbonyl (C=O) groups excluding carboxylic acids is 1. The zero-order valence-corrected chi connectivity index (χ0v) is 8.14. The maximum absolute atomic E-state index is 11.4. The van der Waals surface area contributed by atoms with Crippen LogP contribution in [0.3, 0.4) is 0 Å². The number of hydroxylamine groups is 1. The Morgan fingerprint density at radius 3 is 2.92 bits per heavy atom. The lowest BCUT2D eigenvalue weighted by molar-refractivity contribution is -0.133. The van der Waals surface area contributed by atoms with E-state index in [9.17, 15) is 4.79 Å². The minimum atomic E-state index is -0.0692. The van der Waals surface area contributed by atoms with Crippen molar-refractivity contribution in [2.75, 3.05) is 13.7 Å². The average molecular weight is 186 g/mol. The molecular formula is C9H18N2O2. The molecule has 0 aliphatic carbocycles. The molecule has 1 atom stereocenters. The van der Waals surface area contributed by atoms with E-state index in [1.54, 1.807) is 0 Å². The lowest BCUT2D eigenvalue weighted by Crippen LogP contribution is -2.44. The molecular weight excluding hydrogens is 168 g/mol. The molecule has 0 aromatic heterocycles. The monoisotopic (exact) mass is 186 g/mol. The summed E-state index contributed by atoms with van der Waals surface area (Å²) in [6, 6.07) is -0.0692. The van der Waals surface area contributed by atoms with Gasteiger partial charge in [-0.3, -0.25) is 9.63 Å². The van der Waals surface area contributed by atoms with Crippen molar-refractivity contribution < 1.29 is 9.63 Å². The fraction of sp³-hybridized carbons (Fsp3) is 0.889. The highest BCUT2D eigenvalue weighted by molar-refractivity contribution is 5.80. The van der Waals surface area contributed by atoms with Gasteiger partial charge in [0, 0.05) is 0 Å². The van der Waals surface area contributed by atoms with Gasteiger partial charge in [0.25, 0.3) is 5.91 Å². The first kappa shape index (κ1) is 10.5. The highest BCUT2D eigenvalue weighted by Crippen LogP contribution is 2.09. The van der Waals surface area contributed by atoms with E-state index in [2.05, 4.69) is 15.6 Å². The van der Waals surface area contributed by atoms with Gasteiger partial charge in [-0.2, -0.15) is 0 Å². The highest BCUT2D eigenvalue weighted by atomic mass is 16.6. The van der Waals surface area contributed by atoms with Crippen molar-refractivity contribution >= 4 is 5.91 Å². The van der Waals surface area contributed by atoms with Crippen molar-refractivity contribution in [2.45, 2.75) is 38.1 Å². The molecule has 1 saturated heterocycles. The Bertz CT molecular complexity index is 154. The number of nitrogens with one attached hydrogen (secondary N) is 2. The van der Waals surface area contributed by atoms with E-state index in [4.69, 9.17) is 0 Å². The van der Waals surface area contributed by atoms with Gasteiger partial charge in [0.1, 0.15) is 0 Å². The quantitative estimate of drug-likeness (QED) is 0.620. The van der Waals surface area contributed by atoms with Gasteiger partial charge < -0.3 is 5.32 Å². The summed E-state index contributed by atoms with van der Waals surface area (Å²) in [7, 11) is 1.46. The Hall–Kier alpha value is -0.610. The summed E-state index contributed by atoms with van der Waals surface area (Å²) in [6.07, 6.45) is 5.70. The van der Waals surface area contributed by atoms with E-state index in [1.165, 1.54) is 20.0 Å². The molecule has 1 rings (SSSR count). The number of rotatable bonds is 2. The van der Waals surface area contributed by atoms with Crippen molar-refractivity contribution in [3.8, 4) is 0 Å². The minimum Gasteiger partial charge on any atom is -0.306 e. The Morgan fingerprint density at radius 2 is 2.15 bits per heavy atom. The zero-order valence-electron chi connectivity index (χ0n) is 8.14. The van der Waals surface area contributed by atoms with Crippen molar-refractivity contribution in [3.63, 3.8) is 0 Å². The van der Waals surface area contributed by atoms with Crippen molar-refractivity contribution in [2.24, 2.45) is 0 Å². The highest BCUT2D eigenvalue weighted by Gasteiger charge is 2.17. The van der Waals surface area contributed by atoms with Crippen LogP contribution in [0, 0.1) is 0 Å². The average Bonchev–Trinajstić information content (AvgIpc) is 2.03. The molecule has 0 radical (unpaired) electrons. The van der Waals surface area contributed by atoms with E-state index >= 15 is 0 Å². The normalized spacial score (nSPS) is 24.5. The van der Waals surface area contributed by atoms with Crippen LogP contribution in [0.1, 0.15) is 32.1 Å². The second kappa shape index (κ2) is 5.94. The molecule has 0 bridgehead atoms. The molecule has 1 aliphatic heterocycles. The van der Waals surface area contributed by atoms with Gasteiger partial charge in [-0.1, -0.05) is 19.3 Å². The second-order valence-electron chi connectivity index (χ2n) is 3.38. The van der Waals surface area contributed by atoms with E-state index in [1.807, 2.05) is 0 Å². The van der Waals surface area contributed by atoms with Gasteiger partial charge in [-0.15, -0.1) is 0 Å². The lowest BCUT2D eigenvalue weighted by Gasteiger charge is -2.19. The van der Waals surface area contributed by atoms with E-state index < -0.39 is 0 Å². The SMILES string of the molecule is CONC(=O)C1CCCCCCN1. The molecule has 4 nitrogen and oxygen atoms in total. The van der Waals surface area contributed by atoms with Gasteiger partial charge >= 0.3 is 0 Å². The van der Waals surface area contributed by atoms with Crippen LogP contribution in [-0.2, 0) is 9.63 Å². The van der Waals surface area contributed by atoms with Crippen molar-refractivity contribution in [3.05, 3.63) is 0 Å². The molecule has 13 heavy (non-hydrogen) atoms. The standard InChI is InChI=1S/C9H18N2O2/c1-13-11-9(12)8-6-4-2-3-5-7-10-8/h8,10H,2-7H2,1H3,(H,11,12). The van der Waals surface area contributed by atoms with Gasteiger partial charge in [0.05, 0.1) is 13.2 Å². The molecule has 1 fully saturated rings. The molecule has 4 heteroatoms. The lowest BCUT2D eigenvalue weighted by atomic mass is 10.0. The zero-order chi connectivity index (χ0) is 9.52. The third kappa shape index (κ3) is 3.74. The van der Waals surface area contributed by atoms with Crippen molar-refractivity contribution in [1.82, 2.24) is 10.8 Å². The van der Waals surface area contributed by atoms with Crippen LogP contribution in [0.15, 0.2) is 0 Å². The molecule has 0 aromatic rings. The predicted octanol–water partition coefficient (Wildman–Crippen LogP) is 0.586. The van der Waals surface area contributed by atoms with Gasteiger partial charge in [-0.05, 0) is 19.4 Å². The summed E-state index contributed by atoms with van der Waals surface area (Å²) < 4.78 is 0. The van der Waals surface area contributed by atoms with Crippen LogP contribution in [0.5, 0.6) is 0 Å². The summed E-state index contributed by atoms with van der Waals surface area (Å²) in [5.41, 5.74) is 2.36. The maximum atomic E-state index is 11.4. The summed E-state index contributed by atoms with van der Waals surface area (Å²) in [5, 5.41) is 3.21. The van der Waals surface area contributed by atoms with E-state index in [0.29, 0.717) is 0 Å². The molecule has 0 spiro atoms. The summed E-state index contributed by atoms with van der Waals surface area (Å²) in [4.78, 5) is 16.0. The van der Waals surface area contributed by atoms with Crippen LogP contribution < -0.4 is 10.8 Å². The van der Waals surface area contributed by atoms with E-state index in [0.717, 1.165) is 25.8 Å². The molecule has 1 unspecified atom stereocenters. The molecule has 0 aromatic carbocycles. The molecule has 76 valence electrons. The first-order valence-electron chi connectivity index (χ1n) is 4.91. The molecule has 1 amide bonds. The van der Waals surface area contributed by atoms with Crippen LogP contribution in [0.25, 0.3) is 0 Å². The third-order valence-corrected chi connectivity index (χ3v) is 2.33. The van der Waals surface area contributed by atoms with Gasteiger partial charge in [0.2, 0.25) is 0 Å². The number of carbonyl (C=O) groups is 1. The fourth-order valence-electron chi connectivity index (χ4n) is 1.60. The smallest absolute Gasteiger partial charge is 0.260 e. The van der Waals surface area contributed by atoms with Crippen LogP contribution >= 0.6 is 0 Å². The first-order valence-corrected chi connectivity index (χ1v) is 4.91. The molecule has 1 aliphatic rings. The van der Waals surface area contributed by atoms with Crippen LogP contribution in [0.4, 0.5) is 0 Å². The van der Waals surface area contributed by atoms with E-state index in [-0.39, 0.29) is 11.9 Å². The second-order valence-corrected chi connectivity index (χ2v) is 3.38. The third-order valence-electron chi connectivity index (χ3n) is 2.33. The summed E-state index contributed by atoms with van der Waals surface area (Å²) >= 11 is 0. The number of hydrogen-bond acceptors (Lipinski definition) is 3. The number of amides is 1. The minimum absolute atomic E-state index is 0.0515. The Balaban J connectivity index is 2.32. The molecule has 0 saturated carbocycles. The largest absolute Gasteiger partial charge is 0.306 e. The van der Waals surface area contributed by atoms with Crippen LogP contribution in [0.2, 0.25) is 0 Å². The summed E-state index contributed by atoms with van der Waals surface area (Å²) in [6.45, 7) is 0.932. The topological polar surface area (TPSA) is 50.4 Å². The fourth-order valence-corrected chi connectivity index (χ4v) is 1.60. The van der Waals surface area contributed by atoms with Crippen LogP contribution in [-0.4, -0.2) is 25.6 Å². The first-order chi connectivity index (χ1) is 6.34.